The van der Waals surface area contributed by atoms with Gasteiger partial charge in [0, 0.05) is 19.6 Å². The number of amides is 1. The van der Waals surface area contributed by atoms with E-state index < -0.39 is 31.4 Å². The SMILES string of the molecule is CC1(C)CS(=O)(=O)N(c2ccc(S(=O)(=O)NC[C@@H](c3ccco3)N3CCOCC3)cc2)C1=O. The van der Waals surface area contributed by atoms with Crippen molar-refractivity contribution in [1.29, 1.82) is 0 Å². The number of nitrogens with zero attached hydrogens (tertiary/aromatic N) is 2. The minimum Gasteiger partial charge on any atom is -0.468 e. The maximum atomic E-state index is 12.9. The van der Waals surface area contributed by atoms with E-state index in [0.717, 1.165) is 4.31 Å². The first-order valence-electron chi connectivity index (χ1n) is 10.5. The molecule has 0 spiro atoms. The zero-order chi connectivity index (χ0) is 23.9. The highest BCUT2D eigenvalue weighted by molar-refractivity contribution is 7.94. The number of furan rings is 1. The molecule has 1 amide bonds. The van der Waals surface area contributed by atoms with E-state index in [-0.39, 0.29) is 28.9 Å². The van der Waals surface area contributed by atoms with Gasteiger partial charge in [-0.2, -0.15) is 0 Å². The Bertz CT molecular complexity index is 1200. The van der Waals surface area contributed by atoms with Crippen LogP contribution in [0.3, 0.4) is 0 Å². The van der Waals surface area contributed by atoms with Crippen LogP contribution in [0.15, 0.2) is 52.0 Å². The highest BCUT2D eigenvalue weighted by Gasteiger charge is 2.49. The van der Waals surface area contributed by atoms with Crippen LogP contribution in [0.2, 0.25) is 0 Å². The van der Waals surface area contributed by atoms with Gasteiger partial charge in [0.1, 0.15) is 5.76 Å². The number of hydrogen-bond donors (Lipinski definition) is 1. The topological polar surface area (TPSA) is 126 Å². The van der Waals surface area contributed by atoms with Gasteiger partial charge in [-0.25, -0.2) is 25.9 Å². The summed E-state index contributed by atoms with van der Waals surface area (Å²) in [6, 6.07) is 8.51. The summed E-state index contributed by atoms with van der Waals surface area (Å²) in [7, 11) is -7.70. The summed E-state index contributed by atoms with van der Waals surface area (Å²) in [5.74, 6) is -0.186. The van der Waals surface area contributed by atoms with Crippen molar-refractivity contribution in [3.05, 3.63) is 48.4 Å². The monoisotopic (exact) mass is 497 g/mol. The smallest absolute Gasteiger partial charge is 0.247 e. The van der Waals surface area contributed by atoms with E-state index in [0.29, 0.717) is 32.1 Å². The molecular weight excluding hydrogens is 470 g/mol. The van der Waals surface area contributed by atoms with Crippen LogP contribution in [0.4, 0.5) is 5.69 Å². The molecule has 2 fully saturated rings. The average molecular weight is 498 g/mol. The van der Waals surface area contributed by atoms with Crippen molar-refractivity contribution in [3.63, 3.8) is 0 Å². The van der Waals surface area contributed by atoms with Crippen molar-refractivity contribution >= 4 is 31.6 Å². The Morgan fingerprint density at radius 2 is 1.79 bits per heavy atom. The highest BCUT2D eigenvalue weighted by Crippen LogP contribution is 2.36. The van der Waals surface area contributed by atoms with Crippen molar-refractivity contribution in [2.45, 2.75) is 24.8 Å². The maximum absolute atomic E-state index is 12.9. The lowest BCUT2D eigenvalue weighted by atomic mass is 9.95. The predicted molar refractivity (Wildman–Crippen MR) is 121 cm³/mol. The number of rotatable bonds is 7. The number of anilines is 1. The van der Waals surface area contributed by atoms with Gasteiger partial charge < -0.3 is 9.15 Å². The van der Waals surface area contributed by atoms with Crippen molar-refractivity contribution in [2.24, 2.45) is 5.41 Å². The Balaban J connectivity index is 1.51. The summed E-state index contributed by atoms with van der Waals surface area (Å²) in [4.78, 5) is 14.6. The third-order valence-corrected chi connectivity index (χ3v) is 9.25. The highest BCUT2D eigenvalue weighted by atomic mass is 32.2. The molecule has 4 rings (SSSR count). The maximum Gasteiger partial charge on any atom is 0.247 e. The number of benzene rings is 1. The second kappa shape index (κ2) is 8.84. The Kier molecular flexibility index (Phi) is 6.40. The van der Waals surface area contributed by atoms with Crippen LogP contribution in [0, 0.1) is 5.41 Å². The van der Waals surface area contributed by atoms with Gasteiger partial charge in [0.25, 0.3) is 0 Å². The van der Waals surface area contributed by atoms with Crippen molar-refractivity contribution < 1.29 is 30.8 Å². The van der Waals surface area contributed by atoms with E-state index in [1.54, 1.807) is 32.2 Å². The van der Waals surface area contributed by atoms with Gasteiger partial charge in [0.05, 0.1) is 47.3 Å². The first-order chi connectivity index (χ1) is 15.5. The summed E-state index contributed by atoms with van der Waals surface area (Å²) in [5.41, 5.74) is -0.919. The molecule has 0 unspecified atom stereocenters. The summed E-state index contributed by atoms with van der Waals surface area (Å²) in [6.45, 7) is 5.64. The molecule has 33 heavy (non-hydrogen) atoms. The fourth-order valence-electron chi connectivity index (χ4n) is 4.07. The fraction of sp³-hybridized carbons (Fsp3) is 0.476. The zero-order valence-electron chi connectivity index (χ0n) is 18.4. The van der Waals surface area contributed by atoms with Gasteiger partial charge in [0.15, 0.2) is 0 Å². The lowest BCUT2D eigenvalue weighted by Gasteiger charge is -2.33. The third-order valence-electron chi connectivity index (χ3n) is 5.79. The summed E-state index contributed by atoms with van der Waals surface area (Å²) in [5, 5.41) is 0. The molecule has 2 aliphatic rings. The van der Waals surface area contributed by atoms with Gasteiger partial charge >= 0.3 is 0 Å². The standard InChI is InChI=1S/C21H27N3O7S2/c1-21(2)15-32(26,27)24(20(21)25)16-5-7-17(8-6-16)33(28,29)22-14-18(19-4-3-11-31-19)23-9-12-30-13-10-23/h3-8,11,18,22H,9-10,12-15H2,1-2H3/t18-/m0/s1. The molecule has 180 valence electrons. The van der Waals surface area contributed by atoms with E-state index in [1.807, 2.05) is 0 Å². The fourth-order valence-corrected chi connectivity index (χ4v) is 7.22. The summed E-state index contributed by atoms with van der Waals surface area (Å²) in [6.07, 6.45) is 1.55. The molecule has 1 aromatic carbocycles. The lowest BCUT2D eigenvalue weighted by molar-refractivity contribution is -0.123. The second-order valence-corrected chi connectivity index (χ2v) is 12.3. The molecular formula is C21H27N3O7S2. The number of carbonyl (C=O) groups excluding carboxylic acids is 1. The molecule has 3 heterocycles. The van der Waals surface area contributed by atoms with E-state index in [9.17, 15) is 21.6 Å². The summed E-state index contributed by atoms with van der Waals surface area (Å²) >= 11 is 0. The average Bonchev–Trinajstić information content (AvgIpc) is 3.33. The van der Waals surface area contributed by atoms with E-state index in [2.05, 4.69) is 9.62 Å². The number of morpholine rings is 1. The minimum atomic E-state index is -3.89. The van der Waals surface area contributed by atoms with E-state index in [4.69, 9.17) is 9.15 Å². The number of ether oxygens (including phenoxy) is 1. The van der Waals surface area contributed by atoms with Gasteiger partial charge in [0.2, 0.25) is 26.0 Å². The lowest BCUT2D eigenvalue weighted by Crippen LogP contribution is -2.43. The molecule has 12 heteroatoms. The molecule has 10 nitrogen and oxygen atoms in total. The Morgan fingerprint density at radius 1 is 1.12 bits per heavy atom. The van der Waals surface area contributed by atoms with Gasteiger partial charge in [-0.3, -0.25) is 9.69 Å². The molecule has 2 saturated heterocycles. The predicted octanol–water partition coefficient (Wildman–Crippen LogP) is 1.33. The van der Waals surface area contributed by atoms with Crippen LogP contribution in [-0.2, 0) is 29.6 Å². The van der Waals surface area contributed by atoms with Crippen molar-refractivity contribution in [3.8, 4) is 0 Å². The molecule has 1 atom stereocenters. The number of hydrogen-bond acceptors (Lipinski definition) is 8. The molecule has 1 aromatic heterocycles. The third kappa shape index (κ3) is 4.85. The Hall–Kier alpha value is -2.25. The van der Waals surface area contributed by atoms with Crippen LogP contribution in [0.1, 0.15) is 25.6 Å². The molecule has 2 aliphatic heterocycles. The van der Waals surface area contributed by atoms with Gasteiger partial charge in [-0.15, -0.1) is 0 Å². The molecule has 0 radical (unpaired) electrons. The van der Waals surface area contributed by atoms with E-state index >= 15 is 0 Å². The molecule has 1 N–H and O–H groups in total. The van der Waals surface area contributed by atoms with E-state index in [1.165, 1.54) is 24.3 Å². The number of nitrogens with one attached hydrogen (secondary N) is 1. The van der Waals surface area contributed by atoms with Crippen molar-refractivity contribution in [1.82, 2.24) is 9.62 Å². The van der Waals surface area contributed by atoms with Crippen LogP contribution in [0.25, 0.3) is 0 Å². The number of sulfonamides is 2. The van der Waals surface area contributed by atoms with Gasteiger partial charge in [-0.1, -0.05) is 0 Å². The first kappa shape index (κ1) is 23.9. The second-order valence-electron chi connectivity index (χ2n) is 8.74. The van der Waals surface area contributed by atoms with Crippen molar-refractivity contribution in [2.75, 3.05) is 42.9 Å². The summed E-state index contributed by atoms with van der Waals surface area (Å²) < 4.78 is 65.1. The largest absolute Gasteiger partial charge is 0.468 e. The quantitative estimate of drug-likeness (QED) is 0.607. The minimum absolute atomic E-state index is 0.0327. The Morgan fingerprint density at radius 3 is 2.33 bits per heavy atom. The normalized spacial score (nSPS) is 21.9. The van der Waals surface area contributed by atoms with Crippen LogP contribution in [-0.4, -0.2) is 66.2 Å². The van der Waals surface area contributed by atoms with Crippen LogP contribution >= 0.6 is 0 Å². The van der Waals surface area contributed by atoms with Gasteiger partial charge in [-0.05, 0) is 50.2 Å². The van der Waals surface area contributed by atoms with Crippen LogP contribution < -0.4 is 9.03 Å². The molecule has 2 aromatic rings. The molecule has 0 bridgehead atoms. The first-order valence-corrected chi connectivity index (χ1v) is 13.6. The molecule has 0 aliphatic carbocycles. The molecule has 0 saturated carbocycles. The number of carbonyl (C=O) groups is 1. The zero-order valence-corrected chi connectivity index (χ0v) is 20.1. The van der Waals surface area contributed by atoms with Crippen LogP contribution in [0.5, 0.6) is 0 Å². The Labute approximate surface area is 193 Å².